The molecule has 3 rings (SSSR count). The third-order valence-electron chi connectivity index (χ3n) is 6.56. The Hall–Kier alpha value is -2.96. The van der Waals surface area contributed by atoms with Crippen LogP contribution in [-0.4, -0.2) is 55.0 Å². The van der Waals surface area contributed by atoms with Crippen molar-refractivity contribution < 1.29 is 23.5 Å². The number of ether oxygens (including phenoxy) is 2. The Morgan fingerprint density at radius 3 is 2.35 bits per heavy atom. The molecule has 0 atom stereocenters. The van der Waals surface area contributed by atoms with Crippen LogP contribution in [0.1, 0.15) is 62.5 Å². The van der Waals surface area contributed by atoms with E-state index in [1.54, 1.807) is 19.1 Å². The van der Waals surface area contributed by atoms with Crippen molar-refractivity contribution in [3.05, 3.63) is 47.4 Å². The van der Waals surface area contributed by atoms with Crippen LogP contribution in [0.15, 0.2) is 34.7 Å². The molecular weight excluding hydrogens is 432 g/mol. The summed E-state index contributed by atoms with van der Waals surface area (Å²) in [5, 5.41) is 0. The molecule has 0 N–H and O–H groups in total. The molecule has 1 aromatic heterocycles. The van der Waals surface area contributed by atoms with Crippen molar-refractivity contribution in [3.8, 4) is 11.5 Å². The summed E-state index contributed by atoms with van der Waals surface area (Å²) >= 11 is 0. The van der Waals surface area contributed by atoms with Crippen molar-refractivity contribution in [1.82, 2.24) is 9.80 Å². The number of amides is 2. The summed E-state index contributed by atoms with van der Waals surface area (Å²) in [7, 11) is 3.22. The molecule has 2 aromatic rings. The second kappa shape index (κ2) is 12.5. The minimum atomic E-state index is -0.0538. The van der Waals surface area contributed by atoms with E-state index in [1.807, 2.05) is 49.1 Å². The third kappa shape index (κ3) is 6.78. The highest BCUT2D eigenvalue weighted by Crippen LogP contribution is 2.28. The van der Waals surface area contributed by atoms with Crippen LogP contribution in [0.5, 0.6) is 11.5 Å². The molecule has 0 unspecified atom stereocenters. The predicted molar refractivity (Wildman–Crippen MR) is 131 cm³/mol. The van der Waals surface area contributed by atoms with Gasteiger partial charge in [0.2, 0.25) is 11.8 Å². The molecule has 7 nitrogen and oxygen atoms in total. The van der Waals surface area contributed by atoms with Gasteiger partial charge in [0.1, 0.15) is 18.1 Å². The molecule has 2 amide bonds. The van der Waals surface area contributed by atoms with Gasteiger partial charge in [-0.3, -0.25) is 9.59 Å². The van der Waals surface area contributed by atoms with Gasteiger partial charge >= 0.3 is 0 Å². The third-order valence-corrected chi connectivity index (χ3v) is 6.56. The van der Waals surface area contributed by atoms with Crippen molar-refractivity contribution >= 4 is 11.8 Å². The molecule has 186 valence electrons. The molecule has 0 radical (unpaired) electrons. The summed E-state index contributed by atoms with van der Waals surface area (Å²) in [5.74, 6) is 2.88. The number of carbonyl (C=O) groups excluding carboxylic acids is 2. The largest absolute Gasteiger partial charge is 0.493 e. The van der Waals surface area contributed by atoms with Gasteiger partial charge in [-0.1, -0.05) is 32.3 Å². The van der Waals surface area contributed by atoms with E-state index in [0.717, 1.165) is 42.8 Å². The summed E-state index contributed by atoms with van der Waals surface area (Å²) in [5.41, 5.74) is 1.04. The molecule has 1 heterocycles. The zero-order valence-electron chi connectivity index (χ0n) is 21.0. The van der Waals surface area contributed by atoms with Crippen LogP contribution in [0.25, 0.3) is 0 Å². The predicted octanol–water partition coefficient (Wildman–Crippen LogP) is 4.75. The van der Waals surface area contributed by atoms with Gasteiger partial charge in [-0.25, -0.2) is 0 Å². The number of nitrogens with zero attached hydrogens (tertiary/aromatic N) is 2. The van der Waals surface area contributed by atoms with Crippen LogP contribution in [-0.2, 0) is 22.6 Å². The lowest BCUT2D eigenvalue weighted by atomic mass is 9.94. The summed E-state index contributed by atoms with van der Waals surface area (Å²) in [4.78, 5) is 29.9. The molecule has 7 heteroatoms. The first kappa shape index (κ1) is 25.7. The van der Waals surface area contributed by atoms with Crippen molar-refractivity contribution in [3.63, 3.8) is 0 Å². The van der Waals surface area contributed by atoms with Gasteiger partial charge in [-0.15, -0.1) is 0 Å². The minimum Gasteiger partial charge on any atom is -0.493 e. The zero-order valence-corrected chi connectivity index (χ0v) is 21.0. The van der Waals surface area contributed by atoms with E-state index in [9.17, 15) is 9.59 Å². The van der Waals surface area contributed by atoms with Crippen molar-refractivity contribution in [2.45, 2.75) is 71.4 Å². The van der Waals surface area contributed by atoms with E-state index >= 15 is 0 Å². The number of benzene rings is 1. The minimum absolute atomic E-state index is 0.0499. The van der Waals surface area contributed by atoms with Crippen LogP contribution in [0.4, 0.5) is 0 Å². The number of furan rings is 1. The number of rotatable bonds is 11. The maximum atomic E-state index is 13.5. The fraction of sp³-hybridized carbons (Fsp3) is 0.556. The van der Waals surface area contributed by atoms with Crippen LogP contribution >= 0.6 is 0 Å². The summed E-state index contributed by atoms with van der Waals surface area (Å²) in [6.45, 7) is 4.75. The molecule has 0 spiro atoms. The van der Waals surface area contributed by atoms with E-state index in [-0.39, 0.29) is 24.4 Å². The van der Waals surface area contributed by atoms with E-state index in [1.165, 1.54) is 6.42 Å². The summed E-state index contributed by atoms with van der Waals surface area (Å²) < 4.78 is 16.5. The van der Waals surface area contributed by atoms with Crippen molar-refractivity contribution in [2.75, 3.05) is 27.3 Å². The summed E-state index contributed by atoms with van der Waals surface area (Å²) in [6.07, 6.45) is 6.43. The van der Waals surface area contributed by atoms with Crippen LogP contribution < -0.4 is 9.47 Å². The van der Waals surface area contributed by atoms with Crippen molar-refractivity contribution in [2.24, 2.45) is 0 Å². The Labute approximate surface area is 203 Å². The van der Waals surface area contributed by atoms with Gasteiger partial charge in [0.15, 0.2) is 11.5 Å². The number of hydrogen-bond acceptors (Lipinski definition) is 5. The fourth-order valence-electron chi connectivity index (χ4n) is 4.61. The topological polar surface area (TPSA) is 72.2 Å². The van der Waals surface area contributed by atoms with E-state index < -0.39 is 0 Å². The first-order valence-corrected chi connectivity index (χ1v) is 12.3. The molecule has 1 aliphatic rings. The van der Waals surface area contributed by atoms with Gasteiger partial charge in [0.05, 0.1) is 20.8 Å². The molecule has 1 saturated carbocycles. The van der Waals surface area contributed by atoms with Gasteiger partial charge in [-0.05, 0) is 56.0 Å². The highest BCUT2D eigenvalue weighted by atomic mass is 16.5. The molecule has 0 saturated heterocycles. The molecule has 0 aliphatic heterocycles. The molecule has 1 fully saturated rings. The lowest BCUT2D eigenvalue weighted by molar-refractivity contribution is -0.143. The summed E-state index contributed by atoms with van der Waals surface area (Å²) in [6, 6.07) is 9.76. The van der Waals surface area contributed by atoms with Gasteiger partial charge in [-0.2, -0.15) is 0 Å². The Kier molecular flexibility index (Phi) is 9.42. The van der Waals surface area contributed by atoms with Crippen LogP contribution in [0.3, 0.4) is 0 Å². The molecular formula is C27H38N2O5. The van der Waals surface area contributed by atoms with Gasteiger partial charge < -0.3 is 23.7 Å². The standard InChI is InChI=1S/C27H38N2O5/c1-5-26(30)29(22-9-7-6-8-10-22)19-27(31)28(18-23-13-11-20(2)34-23)16-15-21-12-14-24(32-3)25(17-21)33-4/h11-14,17,22H,5-10,15-16,18-19H2,1-4H3. The molecule has 0 bridgehead atoms. The maximum Gasteiger partial charge on any atom is 0.242 e. The van der Waals surface area contributed by atoms with Crippen LogP contribution in [0.2, 0.25) is 0 Å². The molecule has 34 heavy (non-hydrogen) atoms. The van der Waals surface area contributed by atoms with Gasteiger partial charge in [0.25, 0.3) is 0 Å². The van der Waals surface area contributed by atoms with E-state index in [0.29, 0.717) is 37.4 Å². The maximum absolute atomic E-state index is 13.5. The van der Waals surface area contributed by atoms with Crippen molar-refractivity contribution in [1.29, 1.82) is 0 Å². The number of carbonyl (C=O) groups is 2. The fourth-order valence-corrected chi connectivity index (χ4v) is 4.61. The smallest absolute Gasteiger partial charge is 0.242 e. The lowest BCUT2D eigenvalue weighted by Crippen LogP contribution is -2.48. The second-order valence-electron chi connectivity index (χ2n) is 8.93. The average molecular weight is 471 g/mol. The normalized spacial score (nSPS) is 14.0. The van der Waals surface area contributed by atoms with E-state index in [2.05, 4.69) is 0 Å². The number of hydrogen-bond donors (Lipinski definition) is 0. The molecule has 1 aliphatic carbocycles. The number of aryl methyl sites for hydroxylation is 1. The zero-order chi connectivity index (χ0) is 24.5. The average Bonchev–Trinajstić information content (AvgIpc) is 3.29. The second-order valence-corrected chi connectivity index (χ2v) is 8.93. The Morgan fingerprint density at radius 1 is 1.00 bits per heavy atom. The van der Waals surface area contributed by atoms with Gasteiger partial charge in [0, 0.05) is 19.0 Å². The highest BCUT2D eigenvalue weighted by molar-refractivity contribution is 5.85. The SMILES string of the molecule is CCC(=O)N(CC(=O)N(CCc1ccc(OC)c(OC)c1)Cc1ccc(C)o1)C1CCCCC1. The Morgan fingerprint density at radius 2 is 1.74 bits per heavy atom. The lowest BCUT2D eigenvalue weighted by Gasteiger charge is -2.35. The quantitative estimate of drug-likeness (QED) is 0.474. The number of methoxy groups -OCH3 is 2. The Balaban J connectivity index is 1.75. The first-order chi connectivity index (χ1) is 16.4. The van der Waals surface area contributed by atoms with E-state index in [4.69, 9.17) is 13.9 Å². The highest BCUT2D eigenvalue weighted by Gasteiger charge is 2.28. The van der Waals surface area contributed by atoms with Crippen LogP contribution in [0, 0.1) is 6.92 Å². The molecule has 1 aromatic carbocycles. The first-order valence-electron chi connectivity index (χ1n) is 12.3. The Bertz CT molecular complexity index is 948. The monoisotopic (exact) mass is 470 g/mol.